The first-order valence-electron chi connectivity index (χ1n) is 11.0. The number of aromatic nitrogens is 2. The summed E-state index contributed by atoms with van der Waals surface area (Å²) < 4.78 is 34.4. The highest BCUT2D eigenvalue weighted by atomic mass is 32.1. The number of aliphatic hydroxyl groups excluding tert-OH is 1. The van der Waals surface area contributed by atoms with Crippen molar-refractivity contribution < 1.29 is 28.2 Å². The van der Waals surface area contributed by atoms with Crippen LogP contribution in [0.2, 0.25) is 0 Å². The smallest absolute Gasteiger partial charge is 0.321 e. The van der Waals surface area contributed by atoms with Gasteiger partial charge in [0.05, 0.1) is 24.6 Å². The zero-order valence-corrected chi connectivity index (χ0v) is 21.7. The van der Waals surface area contributed by atoms with Crippen molar-refractivity contribution in [1.29, 1.82) is 0 Å². The molecule has 198 valence electrons. The molecule has 14 heteroatoms. The standard InChI is InChI=1S/C24H22F2N6O4S2/c1-11(33)9-28-23(35)32-24-31-20(27)19(38-24)22-30-18(10-37-22)14-7-17(16(26)8-15(14)25)29-21(34)12-4-3-5-13(6-12)36-2/h3-8,10-11,33H,9,27H2,1-2H3,(H,29,34)(H2,28,31,32,35). The number of nitrogens with two attached hydrogens (primary N) is 1. The molecule has 0 fully saturated rings. The molecule has 4 aromatic rings. The van der Waals surface area contributed by atoms with Gasteiger partial charge >= 0.3 is 6.03 Å². The van der Waals surface area contributed by atoms with Crippen molar-refractivity contribution in [2.45, 2.75) is 13.0 Å². The van der Waals surface area contributed by atoms with Gasteiger partial charge in [0.15, 0.2) is 5.13 Å². The van der Waals surface area contributed by atoms with Gasteiger partial charge in [0, 0.05) is 29.1 Å². The van der Waals surface area contributed by atoms with E-state index in [1.165, 1.54) is 26.2 Å². The first-order chi connectivity index (χ1) is 18.1. The van der Waals surface area contributed by atoms with Crippen LogP contribution in [0.5, 0.6) is 5.75 Å². The molecule has 4 rings (SSSR count). The van der Waals surface area contributed by atoms with E-state index in [1.807, 2.05) is 0 Å². The van der Waals surface area contributed by atoms with Crippen LogP contribution in [0.15, 0.2) is 41.8 Å². The van der Waals surface area contributed by atoms with E-state index < -0.39 is 29.7 Å². The van der Waals surface area contributed by atoms with Gasteiger partial charge in [-0.15, -0.1) is 11.3 Å². The van der Waals surface area contributed by atoms with E-state index in [9.17, 15) is 23.5 Å². The lowest BCUT2D eigenvalue weighted by Gasteiger charge is -2.10. The average molecular weight is 561 g/mol. The molecule has 38 heavy (non-hydrogen) atoms. The van der Waals surface area contributed by atoms with Crippen molar-refractivity contribution in [1.82, 2.24) is 15.3 Å². The number of nitrogens with one attached hydrogen (secondary N) is 3. The average Bonchev–Trinajstić information content (AvgIpc) is 3.50. The largest absolute Gasteiger partial charge is 0.497 e. The fourth-order valence-electron chi connectivity index (χ4n) is 3.22. The van der Waals surface area contributed by atoms with E-state index in [1.54, 1.807) is 17.5 Å². The fraction of sp³-hybridized carbons (Fsp3) is 0.167. The number of carbonyl (C=O) groups is 2. The minimum Gasteiger partial charge on any atom is -0.497 e. The third-order valence-corrected chi connectivity index (χ3v) is 7.03. The Bertz CT molecular complexity index is 1490. The van der Waals surface area contributed by atoms with Crippen molar-refractivity contribution in [3.63, 3.8) is 0 Å². The maximum atomic E-state index is 14.7. The van der Waals surface area contributed by atoms with Crippen molar-refractivity contribution in [3.8, 4) is 26.9 Å². The van der Waals surface area contributed by atoms with Gasteiger partial charge < -0.3 is 26.2 Å². The molecule has 0 saturated heterocycles. The van der Waals surface area contributed by atoms with Crippen LogP contribution in [0, 0.1) is 11.6 Å². The monoisotopic (exact) mass is 560 g/mol. The van der Waals surface area contributed by atoms with Crippen LogP contribution in [0.25, 0.3) is 21.1 Å². The highest BCUT2D eigenvalue weighted by molar-refractivity contribution is 7.23. The SMILES string of the molecule is COc1cccc(C(=O)Nc2cc(-c3csc(-c4sc(NC(=O)NCC(C)O)nc4N)n3)c(F)cc2F)c1. The van der Waals surface area contributed by atoms with Gasteiger partial charge in [-0.25, -0.2) is 23.5 Å². The van der Waals surface area contributed by atoms with Crippen molar-refractivity contribution in [2.75, 3.05) is 30.0 Å². The van der Waals surface area contributed by atoms with Gasteiger partial charge in [0.2, 0.25) is 0 Å². The van der Waals surface area contributed by atoms with Crippen molar-refractivity contribution in [2.24, 2.45) is 0 Å². The number of anilines is 3. The van der Waals surface area contributed by atoms with Gasteiger partial charge in [-0.1, -0.05) is 17.4 Å². The molecule has 6 N–H and O–H groups in total. The minimum atomic E-state index is -0.950. The van der Waals surface area contributed by atoms with E-state index in [0.717, 1.165) is 28.7 Å². The molecule has 1 atom stereocenters. The number of nitrogens with zero attached hydrogens (tertiary/aromatic N) is 2. The number of amides is 3. The molecule has 3 amide bonds. The number of hydrogen-bond donors (Lipinski definition) is 5. The quantitative estimate of drug-likeness (QED) is 0.212. The predicted octanol–water partition coefficient (Wildman–Crippen LogP) is 4.56. The van der Waals surface area contributed by atoms with Crippen molar-refractivity contribution in [3.05, 3.63) is 59.0 Å². The summed E-state index contributed by atoms with van der Waals surface area (Å²) in [5, 5.41) is 18.9. The van der Waals surface area contributed by atoms with Gasteiger partial charge in [-0.05, 0) is 31.2 Å². The number of nitrogen functional groups attached to an aromatic ring is 1. The topological polar surface area (TPSA) is 151 Å². The fourth-order valence-corrected chi connectivity index (χ4v) is 5.02. The Balaban J connectivity index is 1.55. The molecule has 2 aromatic carbocycles. The Kier molecular flexibility index (Phi) is 8.14. The summed E-state index contributed by atoms with van der Waals surface area (Å²) in [6, 6.07) is 7.57. The Morgan fingerprint density at radius 1 is 1.16 bits per heavy atom. The maximum absolute atomic E-state index is 14.7. The predicted molar refractivity (Wildman–Crippen MR) is 143 cm³/mol. The van der Waals surface area contributed by atoms with Gasteiger partial charge in [0.25, 0.3) is 5.91 Å². The van der Waals surface area contributed by atoms with Gasteiger partial charge in [-0.2, -0.15) is 0 Å². The molecule has 0 aliphatic carbocycles. The first kappa shape index (κ1) is 26.9. The Hall–Kier alpha value is -4.14. The Labute approximate surface area is 223 Å². The highest BCUT2D eigenvalue weighted by Gasteiger charge is 2.20. The molecule has 2 heterocycles. The number of benzene rings is 2. The number of thiazole rings is 2. The normalized spacial score (nSPS) is 11.6. The van der Waals surface area contributed by atoms with E-state index >= 15 is 0 Å². The molecular formula is C24H22F2N6O4S2. The lowest BCUT2D eigenvalue weighted by atomic mass is 10.1. The number of hydrogen-bond acceptors (Lipinski definition) is 9. The van der Waals surface area contributed by atoms with E-state index in [4.69, 9.17) is 10.5 Å². The molecular weight excluding hydrogens is 538 g/mol. The number of urea groups is 1. The van der Waals surface area contributed by atoms with Crippen LogP contribution < -0.4 is 26.4 Å². The molecule has 0 aliphatic rings. The molecule has 1 unspecified atom stereocenters. The number of halogens is 2. The maximum Gasteiger partial charge on any atom is 0.321 e. The summed E-state index contributed by atoms with van der Waals surface area (Å²) in [6.07, 6.45) is -0.714. The summed E-state index contributed by atoms with van der Waals surface area (Å²) in [4.78, 5) is 33.5. The summed E-state index contributed by atoms with van der Waals surface area (Å²) >= 11 is 2.21. The van der Waals surface area contributed by atoms with Crippen molar-refractivity contribution >= 4 is 51.2 Å². The molecule has 0 aliphatic heterocycles. The molecule has 10 nitrogen and oxygen atoms in total. The first-order valence-corrected chi connectivity index (χ1v) is 12.7. The summed E-state index contributed by atoms with van der Waals surface area (Å²) in [7, 11) is 1.46. The molecule has 0 saturated carbocycles. The third kappa shape index (κ3) is 6.22. The Morgan fingerprint density at radius 3 is 2.68 bits per heavy atom. The molecule has 0 radical (unpaired) electrons. The van der Waals surface area contributed by atoms with Crippen LogP contribution in [-0.2, 0) is 0 Å². The van der Waals surface area contributed by atoms with Gasteiger partial charge in [-0.3, -0.25) is 10.1 Å². The molecule has 0 bridgehead atoms. The van der Waals surface area contributed by atoms with Crippen LogP contribution in [0.4, 0.5) is 30.2 Å². The summed E-state index contributed by atoms with van der Waals surface area (Å²) in [5.74, 6) is -1.86. The van der Waals surface area contributed by atoms with Crippen LogP contribution in [-0.4, -0.2) is 46.8 Å². The van der Waals surface area contributed by atoms with Gasteiger partial charge in [0.1, 0.15) is 33.1 Å². The van der Waals surface area contributed by atoms with E-state index in [2.05, 4.69) is 25.9 Å². The number of ether oxygens (including phenoxy) is 1. The number of aliphatic hydroxyl groups is 1. The second-order valence-electron chi connectivity index (χ2n) is 7.95. The van der Waals surface area contributed by atoms with E-state index in [0.29, 0.717) is 21.7 Å². The zero-order valence-electron chi connectivity index (χ0n) is 20.0. The summed E-state index contributed by atoms with van der Waals surface area (Å²) in [5.41, 5.74) is 6.16. The lowest BCUT2D eigenvalue weighted by Crippen LogP contribution is -2.34. The lowest BCUT2D eigenvalue weighted by molar-refractivity contribution is 0.102. The number of methoxy groups -OCH3 is 1. The Morgan fingerprint density at radius 2 is 1.95 bits per heavy atom. The third-order valence-electron chi connectivity index (χ3n) is 5.04. The summed E-state index contributed by atoms with van der Waals surface area (Å²) in [6.45, 7) is 1.59. The molecule has 0 spiro atoms. The van der Waals surface area contributed by atoms with Crippen LogP contribution >= 0.6 is 22.7 Å². The second kappa shape index (κ2) is 11.5. The zero-order chi connectivity index (χ0) is 27.4. The molecule has 2 aromatic heterocycles. The minimum absolute atomic E-state index is 0.0335. The number of carbonyl (C=O) groups excluding carboxylic acids is 2. The highest BCUT2D eigenvalue weighted by Crippen LogP contribution is 2.39. The number of rotatable bonds is 8. The second-order valence-corrected chi connectivity index (χ2v) is 9.81. The van der Waals surface area contributed by atoms with E-state index in [-0.39, 0.29) is 40.0 Å². The van der Waals surface area contributed by atoms with Crippen LogP contribution in [0.1, 0.15) is 17.3 Å². The van der Waals surface area contributed by atoms with Crippen LogP contribution in [0.3, 0.4) is 0 Å².